The number of amides is 2. The Kier molecular flexibility index (Phi) is 2.75. The molecule has 3 heteroatoms. The van der Waals surface area contributed by atoms with E-state index in [0.29, 0.717) is 17.9 Å². The highest BCUT2D eigenvalue weighted by atomic mass is 16.2. The van der Waals surface area contributed by atoms with Crippen LogP contribution in [0.15, 0.2) is 30.3 Å². The molecule has 2 atom stereocenters. The Balaban J connectivity index is 1.41. The second kappa shape index (κ2) is 4.40. The average Bonchev–Trinajstić information content (AvgIpc) is 3.23. The minimum atomic E-state index is 0.00575. The van der Waals surface area contributed by atoms with Crippen LogP contribution in [0, 0.1) is 5.92 Å². The standard InChI is InChI=1S/C14H18N2O/c17-14(16-12-6-7-12)15-9-11-8-13(11)10-4-2-1-3-5-10/h1-5,11-13H,6-9H2,(H2,15,16,17)/t11-,13+/m1/s1. The summed E-state index contributed by atoms with van der Waals surface area (Å²) in [5.41, 5.74) is 1.40. The summed E-state index contributed by atoms with van der Waals surface area (Å²) in [5, 5.41) is 5.91. The predicted molar refractivity (Wildman–Crippen MR) is 66.8 cm³/mol. The Labute approximate surface area is 102 Å². The van der Waals surface area contributed by atoms with Gasteiger partial charge in [0.1, 0.15) is 0 Å². The third-order valence-corrected chi connectivity index (χ3v) is 3.59. The van der Waals surface area contributed by atoms with E-state index >= 15 is 0 Å². The van der Waals surface area contributed by atoms with Gasteiger partial charge in [-0.05, 0) is 36.7 Å². The van der Waals surface area contributed by atoms with Crippen molar-refractivity contribution >= 4 is 6.03 Å². The highest BCUT2D eigenvalue weighted by molar-refractivity contribution is 5.74. The zero-order valence-corrected chi connectivity index (χ0v) is 9.86. The summed E-state index contributed by atoms with van der Waals surface area (Å²) in [6.07, 6.45) is 3.49. The lowest BCUT2D eigenvalue weighted by atomic mass is 10.1. The molecule has 0 saturated heterocycles. The average molecular weight is 230 g/mol. The summed E-state index contributed by atoms with van der Waals surface area (Å²) >= 11 is 0. The van der Waals surface area contributed by atoms with E-state index in [4.69, 9.17) is 0 Å². The van der Waals surface area contributed by atoms with Crippen molar-refractivity contribution in [3.8, 4) is 0 Å². The molecule has 1 aromatic rings. The number of hydrogen-bond donors (Lipinski definition) is 2. The van der Waals surface area contributed by atoms with Crippen LogP contribution in [-0.4, -0.2) is 18.6 Å². The van der Waals surface area contributed by atoms with Gasteiger partial charge in [-0.15, -0.1) is 0 Å². The zero-order chi connectivity index (χ0) is 11.7. The lowest BCUT2D eigenvalue weighted by Gasteiger charge is -2.06. The molecule has 0 heterocycles. The van der Waals surface area contributed by atoms with Gasteiger partial charge < -0.3 is 10.6 Å². The monoisotopic (exact) mass is 230 g/mol. The van der Waals surface area contributed by atoms with Gasteiger partial charge in [-0.25, -0.2) is 4.79 Å². The number of hydrogen-bond acceptors (Lipinski definition) is 1. The van der Waals surface area contributed by atoms with Crippen LogP contribution >= 0.6 is 0 Å². The minimum absolute atomic E-state index is 0.00575. The maximum Gasteiger partial charge on any atom is 0.315 e. The van der Waals surface area contributed by atoms with Gasteiger partial charge in [0.15, 0.2) is 0 Å². The maximum atomic E-state index is 11.4. The third kappa shape index (κ3) is 2.78. The van der Waals surface area contributed by atoms with Crippen LogP contribution in [0.2, 0.25) is 0 Å². The topological polar surface area (TPSA) is 41.1 Å². The molecule has 0 aliphatic heterocycles. The first kappa shape index (κ1) is 10.6. The Morgan fingerprint density at radius 3 is 2.71 bits per heavy atom. The van der Waals surface area contributed by atoms with Crippen LogP contribution in [0.25, 0.3) is 0 Å². The van der Waals surface area contributed by atoms with Crippen molar-refractivity contribution in [2.75, 3.05) is 6.54 Å². The first-order chi connectivity index (χ1) is 8.33. The summed E-state index contributed by atoms with van der Waals surface area (Å²) in [4.78, 5) is 11.4. The molecule has 2 aliphatic rings. The molecular weight excluding hydrogens is 212 g/mol. The molecule has 2 saturated carbocycles. The van der Waals surface area contributed by atoms with E-state index in [-0.39, 0.29) is 6.03 Å². The fourth-order valence-electron chi connectivity index (χ4n) is 2.27. The van der Waals surface area contributed by atoms with E-state index in [0.717, 1.165) is 19.4 Å². The van der Waals surface area contributed by atoms with E-state index in [1.54, 1.807) is 0 Å². The normalized spacial score (nSPS) is 26.4. The molecule has 2 amide bonds. The van der Waals surface area contributed by atoms with Gasteiger partial charge in [0.25, 0.3) is 0 Å². The molecule has 0 bridgehead atoms. The van der Waals surface area contributed by atoms with Crippen molar-refractivity contribution in [1.82, 2.24) is 10.6 Å². The molecule has 0 spiro atoms. The maximum absolute atomic E-state index is 11.4. The third-order valence-electron chi connectivity index (χ3n) is 3.59. The fourth-order valence-corrected chi connectivity index (χ4v) is 2.27. The van der Waals surface area contributed by atoms with E-state index < -0.39 is 0 Å². The van der Waals surface area contributed by atoms with Gasteiger partial charge in [-0.3, -0.25) is 0 Å². The fraction of sp³-hybridized carbons (Fsp3) is 0.500. The van der Waals surface area contributed by atoms with Crippen LogP contribution in [0.4, 0.5) is 4.79 Å². The molecular formula is C14H18N2O. The van der Waals surface area contributed by atoms with Gasteiger partial charge in [-0.2, -0.15) is 0 Å². The van der Waals surface area contributed by atoms with Crippen LogP contribution in [0.1, 0.15) is 30.7 Å². The van der Waals surface area contributed by atoms with Crippen molar-refractivity contribution in [1.29, 1.82) is 0 Å². The van der Waals surface area contributed by atoms with Gasteiger partial charge in [0, 0.05) is 12.6 Å². The number of nitrogens with one attached hydrogen (secondary N) is 2. The number of carbonyl (C=O) groups excluding carboxylic acids is 1. The minimum Gasteiger partial charge on any atom is -0.338 e. The Bertz CT molecular complexity index is 400. The first-order valence-electron chi connectivity index (χ1n) is 6.42. The summed E-state index contributed by atoms with van der Waals surface area (Å²) in [6.45, 7) is 0.804. The Morgan fingerprint density at radius 1 is 1.24 bits per heavy atom. The van der Waals surface area contributed by atoms with E-state index in [9.17, 15) is 4.79 Å². The van der Waals surface area contributed by atoms with Gasteiger partial charge in [0.05, 0.1) is 0 Å². The number of benzene rings is 1. The molecule has 90 valence electrons. The SMILES string of the molecule is O=C(NC[C@H]1C[C@H]1c1ccccc1)NC1CC1. The molecule has 2 aliphatic carbocycles. The van der Waals surface area contributed by atoms with Crippen molar-refractivity contribution < 1.29 is 4.79 Å². The van der Waals surface area contributed by atoms with Crippen LogP contribution in [0.3, 0.4) is 0 Å². The summed E-state index contributed by atoms with van der Waals surface area (Å²) in [6, 6.07) is 11.0. The Hall–Kier alpha value is -1.51. The van der Waals surface area contributed by atoms with Crippen LogP contribution < -0.4 is 10.6 Å². The number of urea groups is 1. The van der Waals surface area contributed by atoms with Crippen molar-refractivity contribution in [2.45, 2.75) is 31.2 Å². The Morgan fingerprint density at radius 2 is 2.00 bits per heavy atom. The molecule has 17 heavy (non-hydrogen) atoms. The molecule has 1 aromatic carbocycles. The molecule has 0 unspecified atom stereocenters. The summed E-state index contributed by atoms with van der Waals surface area (Å²) in [7, 11) is 0. The second-order valence-corrected chi connectivity index (χ2v) is 5.14. The predicted octanol–water partition coefficient (Wildman–Crippen LogP) is 2.25. The first-order valence-corrected chi connectivity index (χ1v) is 6.42. The highest BCUT2D eigenvalue weighted by Crippen LogP contribution is 2.46. The molecule has 0 radical (unpaired) electrons. The van der Waals surface area contributed by atoms with E-state index in [2.05, 4.69) is 34.9 Å². The molecule has 3 nitrogen and oxygen atoms in total. The smallest absolute Gasteiger partial charge is 0.315 e. The zero-order valence-electron chi connectivity index (χ0n) is 9.86. The van der Waals surface area contributed by atoms with Crippen molar-refractivity contribution in [3.63, 3.8) is 0 Å². The lowest BCUT2D eigenvalue weighted by molar-refractivity contribution is 0.240. The summed E-state index contributed by atoms with van der Waals surface area (Å²) in [5.74, 6) is 1.28. The highest BCUT2D eigenvalue weighted by Gasteiger charge is 2.38. The number of carbonyl (C=O) groups is 1. The van der Waals surface area contributed by atoms with Crippen molar-refractivity contribution in [2.24, 2.45) is 5.92 Å². The lowest BCUT2D eigenvalue weighted by Crippen LogP contribution is -2.37. The number of rotatable bonds is 4. The molecule has 0 aromatic heterocycles. The van der Waals surface area contributed by atoms with Gasteiger partial charge >= 0.3 is 6.03 Å². The van der Waals surface area contributed by atoms with Crippen LogP contribution in [-0.2, 0) is 0 Å². The van der Waals surface area contributed by atoms with Gasteiger partial charge in [0.2, 0.25) is 0 Å². The summed E-state index contributed by atoms with van der Waals surface area (Å²) < 4.78 is 0. The van der Waals surface area contributed by atoms with Crippen LogP contribution in [0.5, 0.6) is 0 Å². The molecule has 3 rings (SSSR count). The van der Waals surface area contributed by atoms with E-state index in [1.807, 2.05) is 6.07 Å². The molecule has 2 fully saturated rings. The second-order valence-electron chi connectivity index (χ2n) is 5.14. The van der Waals surface area contributed by atoms with Crippen molar-refractivity contribution in [3.05, 3.63) is 35.9 Å². The van der Waals surface area contributed by atoms with Gasteiger partial charge in [-0.1, -0.05) is 30.3 Å². The largest absolute Gasteiger partial charge is 0.338 e. The van der Waals surface area contributed by atoms with E-state index in [1.165, 1.54) is 12.0 Å². The molecule has 2 N–H and O–H groups in total. The quantitative estimate of drug-likeness (QED) is 0.818.